The van der Waals surface area contributed by atoms with Crippen molar-refractivity contribution in [2.45, 2.75) is 23.9 Å². The van der Waals surface area contributed by atoms with Crippen molar-refractivity contribution >= 4 is 40.8 Å². The van der Waals surface area contributed by atoms with E-state index >= 15 is 0 Å². The minimum absolute atomic E-state index is 0.0829. The van der Waals surface area contributed by atoms with Crippen molar-refractivity contribution in [2.75, 3.05) is 12.3 Å². The summed E-state index contributed by atoms with van der Waals surface area (Å²) in [5.74, 6) is 0.277. The van der Waals surface area contributed by atoms with Crippen molar-refractivity contribution in [3.63, 3.8) is 0 Å². The van der Waals surface area contributed by atoms with Crippen LogP contribution in [0.1, 0.15) is 12.6 Å². The zero-order valence-corrected chi connectivity index (χ0v) is 11.6. The Hall–Kier alpha value is -0.490. The lowest BCUT2D eigenvalue weighted by atomic mass is 10.4. The number of rotatable bonds is 4. The molecule has 1 aromatic heterocycles. The summed E-state index contributed by atoms with van der Waals surface area (Å²) in [5.41, 5.74) is 6.12. The fraction of sp³-hybridized carbons (Fsp3) is 0.556. The van der Waals surface area contributed by atoms with Gasteiger partial charge in [0, 0.05) is 18.4 Å². The third-order valence-electron chi connectivity index (χ3n) is 1.66. The second-order valence-electron chi connectivity index (χ2n) is 3.15. The van der Waals surface area contributed by atoms with E-state index in [9.17, 15) is 0 Å². The highest BCUT2D eigenvalue weighted by molar-refractivity contribution is 6.67. The van der Waals surface area contributed by atoms with Gasteiger partial charge in [0.1, 0.15) is 0 Å². The molecule has 5 nitrogen and oxygen atoms in total. The minimum Gasteiger partial charge on any atom is -0.443 e. The van der Waals surface area contributed by atoms with Crippen LogP contribution in [0.25, 0.3) is 0 Å². The Morgan fingerprint density at radius 2 is 2.06 bits per heavy atom. The van der Waals surface area contributed by atoms with E-state index in [1.54, 1.807) is 19.9 Å². The predicted molar refractivity (Wildman–Crippen MR) is 67.5 cm³/mol. The van der Waals surface area contributed by atoms with E-state index in [1.165, 1.54) is 0 Å². The zero-order valence-electron chi connectivity index (χ0n) is 9.28. The van der Waals surface area contributed by atoms with Gasteiger partial charge in [0.15, 0.2) is 0 Å². The van der Waals surface area contributed by atoms with Crippen LogP contribution in [0.15, 0.2) is 6.07 Å². The molecular weight excluding hydrogens is 288 g/mol. The van der Waals surface area contributed by atoms with Gasteiger partial charge in [-0.2, -0.15) is 4.98 Å². The maximum absolute atomic E-state index is 5.71. The molecule has 1 unspecified atom stereocenters. The third-order valence-corrected chi connectivity index (χ3v) is 2.20. The number of nitrogens with two attached hydrogens (primary N) is 1. The number of halogens is 3. The first-order valence-corrected chi connectivity index (χ1v) is 5.92. The second kappa shape index (κ2) is 5.91. The van der Waals surface area contributed by atoms with E-state index in [-0.39, 0.29) is 11.8 Å². The number of aromatic nitrogens is 2. The molecule has 8 heteroatoms. The van der Waals surface area contributed by atoms with Crippen LogP contribution in [-0.4, -0.2) is 26.7 Å². The van der Waals surface area contributed by atoms with Crippen molar-refractivity contribution in [3.8, 4) is 5.88 Å². The monoisotopic (exact) mass is 299 g/mol. The van der Waals surface area contributed by atoms with Gasteiger partial charge in [0.2, 0.25) is 18.1 Å². The normalized spacial score (nSPS) is 13.5. The number of hydrogen-bond donors (Lipinski definition) is 1. The molecule has 0 aromatic carbocycles. The molecule has 0 fully saturated rings. The summed E-state index contributed by atoms with van der Waals surface area (Å²) in [6.45, 7) is 3.83. The van der Waals surface area contributed by atoms with E-state index in [0.29, 0.717) is 12.3 Å². The molecule has 0 saturated carbocycles. The molecule has 96 valence electrons. The zero-order chi connectivity index (χ0) is 13.1. The van der Waals surface area contributed by atoms with E-state index in [4.69, 9.17) is 50.0 Å². The summed E-state index contributed by atoms with van der Waals surface area (Å²) < 4.78 is 8.78. The van der Waals surface area contributed by atoms with Crippen LogP contribution in [0.3, 0.4) is 0 Å². The number of nitrogens with zero attached hydrogens (tertiary/aromatic N) is 2. The summed E-state index contributed by atoms with van der Waals surface area (Å²) in [4.78, 5) is 7.75. The lowest BCUT2D eigenvalue weighted by Gasteiger charge is -2.24. The van der Waals surface area contributed by atoms with E-state index in [1.807, 2.05) is 0 Å². The van der Waals surface area contributed by atoms with Gasteiger partial charge in [-0.25, -0.2) is 4.98 Å². The van der Waals surface area contributed by atoms with Crippen molar-refractivity contribution < 1.29 is 9.47 Å². The average Bonchev–Trinajstić information content (AvgIpc) is 2.13. The summed E-state index contributed by atoms with van der Waals surface area (Å²) in [7, 11) is 0. The molecule has 1 heterocycles. The van der Waals surface area contributed by atoms with Crippen LogP contribution in [0.5, 0.6) is 5.88 Å². The minimum atomic E-state index is -1.72. The molecule has 0 bridgehead atoms. The standard InChI is InChI=1S/C9H12Cl3N3O2/c1-3-16-7(9(10,11)12)17-6-4-5(2)14-8(13)15-6/h4,7H,3H2,1-2H3,(H2,13,14,15). The van der Waals surface area contributed by atoms with Gasteiger partial charge in [-0.3, -0.25) is 0 Å². The lowest BCUT2D eigenvalue weighted by Crippen LogP contribution is -2.34. The first-order valence-electron chi connectivity index (χ1n) is 4.79. The van der Waals surface area contributed by atoms with Crippen LogP contribution in [0, 0.1) is 6.92 Å². The first-order chi connectivity index (χ1) is 7.82. The van der Waals surface area contributed by atoms with Gasteiger partial charge in [0.05, 0.1) is 0 Å². The lowest BCUT2D eigenvalue weighted by molar-refractivity contribution is -0.0741. The third kappa shape index (κ3) is 4.71. The summed E-state index contributed by atoms with van der Waals surface area (Å²) in [6.07, 6.45) is -1.06. The topological polar surface area (TPSA) is 70.3 Å². The molecule has 0 aliphatic carbocycles. The Morgan fingerprint density at radius 3 is 2.53 bits per heavy atom. The number of anilines is 1. The van der Waals surface area contributed by atoms with E-state index in [0.717, 1.165) is 0 Å². The highest BCUT2D eigenvalue weighted by atomic mass is 35.6. The molecule has 1 aromatic rings. The molecular formula is C9H12Cl3N3O2. The largest absolute Gasteiger partial charge is 0.443 e. The maximum Gasteiger partial charge on any atom is 0.252 e. The summed E-state index contributed by atoms with van der Waals surface area (Å²) >= 11 is 17.1. The van der Waals surface area contributed by atoms with Gasteiger partial charge >= 0.3 is 0 Å². The van der Waals surface area contributed by atoms with Crippen molar-refractivity contribution in [1.82, 2.24) is 9.97 Å². The average molecular weight is 301 g/mol. The van der Waals surface area contributed by atoms with Gasteiger partial charge in [-0.05, 0) is 13.8 Å². The van der Waals surface area contributed by atoms with Gasteiger partial charge in [-0.15, -0.1) is 0 Å². The molecule has 0 amide bonds. The van der Waals surface area contributed by atoms with E-state index in [2.05, 4.69) is 9.97 Å². The van der Waals surface area contributed by atoms with Crippen LogP contribution >= 0.6 is 34.8 Å². The van der Waals surface area contributed by atoms with Crippen LogP contribution < -0.4 is 10.5 Å². The molecule has 17 heavy (non-hydrogen) atoms. The van der Waals surface area contributed by atoms with Crippen LogP contribution in [0.4, 0.5) is 5.95 Å². The fourth-order valence-electron chi connectivity index (χ4n) is 1.08. The molecule has 1 atom stereocenters. The Morgan fingerprint density at radius 1 is 1.41 bits per heavy atom. The molecule has 0 aliphatic rings. The quantitative estimate of drug-likeness (QED) is 0.683. The Balaban J connectivity index is 2.86. The second-order valence-corrected chi connectivity index (χ2v) is 5.52. The molecule has 0 aliphatic heterocycles. The van der Waals surface area contributed by atoms with Crippen molar-refractivity contribution in [1.29, 1.82) is 0 Å². The van der Waals surface area contributed by atoms with Crippen molar-refractivity contribution in [3.05, 3.63) is 11.8 Å². The molecule has 0 saturated heterocycles. The molecule has 1 rings (SSSR count). The Bertz CT molecular complexity index is 364. The Labute approximate surface area is 114 Å². The summed E-state index contributed by atoms with van der Waals surface area (Å²) in [5, 5.41) is 0. The number of ether oxygens (including phenoxy) is 2. The SMILES string of the molecule is CCOC(Oc1cc(C)nc(N)n1)C(Cl)(Cl)Cl. The maximum atomic E-state index is 5.71. The highest BCUT2D eigenvalue weighted by Gasteiger charge is 2.36. The summed E-state index contributed by atoms with van der Waals surface area (Å²) in [6, 6.07) is 1.57. The van der Waals surface area contributed by atoms with Crippen molar-refractivity contribution in [2.24, 2.45) is 0 Å². The molecule has 0 spiro atoms. The van der Waals surface area contributed by atoms with Crippen LogP contribution in [0.2, 0.25) is 0 Å². The predicted octanol–water partition coefficient (Wildman–Crippen LogP) is 2.48. The Kier molecular flexibility index (Phi) is 5.06. The molecule has 0 radical (unpaired) electrons. The smallest absolute Gasteiger partial charge is 0.252 e. The first kappa shape index (κ1) is 14.6. The van der Waals surface area contributed by atoms with Gasteiger partial charge in [-0.1, -0.05) is 34.8 Å². The molecule has 2 N–H and O–H groups in total. The fourth-order valence-corrected chi connectivity index (χ4v) is 1.40. The number of hydrogen-bond acceptors (Lipinski definition) is 5. The van der Waals surface area contributed by atoms with Gasteiger partial charge in [0.25, 0.3) is 3.79 Å². The van der Waals surface area contributed by atoms with E-state index < -0.39 is 10.1 Å². The number of nitrogen functional groups attached to an aromatic ring is 1. The number of aryl methyl sites for hydroxylation is 1. The van der Waals surface area contributed by atoms with Crippen LogP contribution in [-0.2, 0) is 4.74 Å². The highest BCUT2D eigenvalue weighted by Crippen LogP contribution is 2.33. The number of alkyl halides is 3. The van der Waals surface area contributed by atoms with Gasteiger partial charge < -0.3 is 15.2 Å².